The smallest absolute Gasteiger partial charge is 0.306 e. The molecule has 0 spiro atoms. The van der Waals surface area contributed by atoms with Gasteiger partial charge in [-0.3, -0.25) is 14.4 Å². The topological polar surface area (TPSA) is 60.4 Å². The Kier molecular flexibility index (Phi) is 8.96. The molecular formula is C23H34O4. The lowest BCUT2D eigenvalue weighted by molar-refractivity contribution is -0.147. The first kappa shape index (κ1) is 21.6. The number of Topliss-reactive ketones (excluding diaryl/α,β-unsaturated/α-hetero) is 2. The Morgan fingerprint density at radius 1 is 0.889 bits per heavy atom. The lowest BCUT2D eigenvalue weighted by atomic mass is 9.89. The van der Waals surface area contributed by atoms with E-state index in [1.165, 1.54) is 0 Å². The fraction of sp³-hybridized carbons (Fsp3) is 0.696. The molecule has 150 valence electrons. The molecule has 4 atom stereocenters. The summed E-state index contributed by atoms with van der Waals surface area (Å²) in [5, 5.41) is 0. The molecule has 0 aromatic rings. The monoisotopic (exact) mass is 374 g/mol. The fourth-order valence-corrected chi connectivity index (χ4v) is 4.34. The third-order valence-electron chi connectivity index (χ3n) is 5.96. The molecule has 0 aromatic carbocycles. The van der Waals surface area contributed by atoms with Gasteiger partial charge in [0, 0.05) is 37.0 Å². The number of hydrogen-bond acceptors (Lipinski definition) is 4. The quantitative estimate of drug-likeness (QED) is 0.406. The first-order chi connectivity index (χ1) is 13.1. The Hall–Kier alpha value is -1.71. The molecule has 2 saturated carbocycles. The van der Waals surface area contributed by atoms with Gasteiger partial charge >= 0.3 is 5.97 Å². The average Bonchev–Trinajstić information content (AvgIpc) is 3.17. The van der Waals surface area contributed by atoms with Crippen LogP contribution in [0, 0.1) is 23.7 Å². The predicted molar refractivity (Wildman–Crippen MR) is 106 cm³/mol. The van der Waals surface area contributed by atoms with Crippen LogP contribution < -0.4 is 0 Å². The molecule has 4 nitrogen and oxygen atoms in total. The summed E-state index contributed by atoms with van der Waals surface area (Å²) in [7, 11) is 0. The molecule has 0 aliphatic heterocycles. The lowest BCUT2D eigenvalue weighted by Gasteiger charge is -2.19. The van der Waals surface area contributed by atoms with Gasteiger partial charge in [-0.25, -0.2) is 0 Å². The Morgan fingerprint density at radius 2 is 1.41 bits per heavy atom. The Labute approximate surface area is 163 Å². The number of carbonyl (C=O) groups excluding carboxylic acids is 3. The number of esters is 1. The highest BCUT2D eigenvalue weighted by Crippen LogP contribution is 2.35. The van der Waals surface area contributed by atoms with Crippen LogP contribution in [0.15, 0.2) is 24.3 Å². The number of ketones is 2. The highest BCUT2D eigenvalue weighted by molar-refractivity contribution is 5.85. The van der Waals surface area contributed by atoms with Crippen molar-refractivity contribution in [3.05, 3.63) is 24.3 Å². The predicted octanol–water partition coefficient (Wildman–Crippen LogP) is 4.82. The normalized spacial score (nSPS) is 28.7. The zero-order valence-electron chi connectivity index (χ0n) is 16.8. The second kappa shape index (κ2) is 11.2. The molecule has 27 heavy (non-hydrogen) atoms. The number of rotatable bonds is 10. The van der Waals surface area contributed by atoms with Gasteiger partial charge in [-0.1, -0.05) is 38.2 Å². The minimum Gasteiger partial charge on any atom is -0.465 e. The summed E-state index contributed by atoms with van der Waals surface area (Å²) in [4.78, 5) is 36.5. The molecule has 4 heteroatoms. The van der Waals surface area contributed by atoms with Gasteiger partial charge in [-0.15, -0.1) is 0 Å². The van der Waals surface area contributed by atoms with Crippen LogP contribution in [0.3, 0.4) is 0 Å². The van der Waals surface area contributed by atoms with Gasteiger partial charge in [-0.05, 0) is 44.4 Å². The van der Waals surface area contributed by atoms with Crippen molar-refractivity contribution in [2.45, 2.75) is 71.6 Å². The molecule has 2 aliphatic carbocycles. The van der Waals surface area contributed by atoms with Crippen molar-refractivity contribution in [3.8, 4) is 0 Å². The van der Waals surface area contributed by atoms with Gasteiger partial charge in [0.15, 0.2) is 0 Å². The van der Waals surface area contributed by atoms with Crippen LogP contribution in [-0.2, 0) is 19.1 Å². The molecule has 2 rings (SSSR count). The van der Waals surface area contributed by atoms with Crippen LogP contribution >= 0.6 is 0 Å². The second-order valence-electron chi connectivity index (χ2n) is 7.86. The van der Waals surface area contributed by atoms with E-state index >= 15 is 0 Å². The maximum absolute atomic E-state index is 12.3. The summed E-state index contributed by atoms with van der Waals surface area (Å²) in [5.74, 6) is 0.525. The van der Waals surface area contributed by atoms with Crippen LogP contribution in [0.2, 0.25) is 0 Å². The summed E-state index contributed by atoms with van der Waals surface area (Å²) in [5.41, 5.74) is 0. The van der Waals surface area contributed by atoms with Crippen LogP contribution in [0.4, 0.5) is 0 Å². The van der Waals surface area contributed by atoms with Crippen molar-refractivity contribution in [2.24, 2.45) is 23.7 Å². The van der Waals surface area contributed by atoms with E-state index in [0.29, 0.717) is 31.7 Å². The summed E-state index contributed by atoms with van der Waals surface area (Å²) in [6.45, 7) is 4.47. The van der Waals surface area contributed by atoms with E-state index in [0.717, 1.165) is 38.5 Å². The largest absolute Gasteiger partial charge is 0.465 e. The van der Waals surface area contributed by atoms with E-state index < -0.39 is 0 Å². The Bertz CT molecular complexity index is 575. The molecule has 0 heterocycles. The molecule has 4 unspecified atom stereocenters. The standard InChI is InChI=1S/C23H34O4/c1-3-5-7-9-19-17(11-13-21(19)24)15-23(26)27-16-18-12-14-22(25)20(18)10-8-6-4-2/h5-8,17-20H,3-4,9-16H2,1-2H3/b7-5-,8-6-. The molecule has 0 amide bonds. The van der Waals surface area contributed by atoms with Crippen molar-refractivity contribution in [1.29, 1.82) is 0 Å². The molecule has 0 bridgehead atoms. The van der Waals surface area contributed by atoms with Gasteiger partial charge in [-0.2, -0.15) is 0 Å². The molecular weight excluding hydrogens is 340 g/mol. The molecule has 2 fully saturated rings. The Balaban J connectivity index is 1.81. The van der Waals surface area contributed by atoms with Gasteiger partial charge in [0.1, 0.15) is 11.6 Å². The van der Waals surface area contributed by atoms with E-state index in [-0.39, 0.29) is 35.4 Å². The maximum atomic E-state index is 12.3. The molecule has 0 radical (unpaired) electrons. The van der Waals surface area contributed by atoms with Crippen molar-refractivity contribution < 1.29 is 19.1 Å². The number of hydrogen-bond donors (Lipinski definition) is 0. The molecule has 0 N–H and O–H groups in total. The third kappa shape index (κ3) is 6.44. The fourth-order valence-electron chi connectivity index (χ4n) is 4.34. The first-order valence-electron chi connectivity index (χ1n) is 10.6. The Morgan fingerprint density at radius 3 is 1.96 bits per heavy atom. The van der Waals surface area contributed by atoms with Crippen molar-refractivity contribution in [1.82, 2.24) is 0 Å². The zero-order chi connectivity index (χ0) is 19.6. The van der Waals surface area contributed by atoms with Crippen LogP contribution in [0.1, 0.15) is 71.6 Å². The first-order valence-corrected chi connectivity index (χ1v) is 10.6. The van der Waals surface area contributed by atoms with E-state index in [2.05, 4.69) is 38.2 Å². The van der Waals surface area contributed by atoms with Crippen LogP contribution in [-0.4, -0.2) is 24.1 Å². The second-order valence-corrected chi connectivity index (χ2v) is 7.86. The number of carbonyl (C=O) groups is 3. The summed E-state index contributed by atoms with van der Waals surface area (Å²) in [6.07, 6.45) is 14.8. The maximum Gasteiger partial charge on any atom is 0.306 e. The summed E-state index contributed by atoms with van der Waals surface area (Å²) in [6, 6.07) is 0. The molecule has 0 saturated heterocycles. The van der Waals surface area contributed by atoms with Crippen molar-refractivity contribution >= 4 is 17.5 Å². The average molecular weight is 375 g/mol. The number of ether oxygens (including phenoxy) is 1. The van der Waals surface area contributed by atoms with E-state index in [4.69, 9.17) is 4.74 Å². The SMILES string of the molecule is CC/C=C\CC1C(=O)CCC1COC(=O)CC1CCC(=O)C1C/C=C\CC. The van der Waals surface area contributed by atoms with Gasteiger partial charge < -0.3 is 4.74 Å². The third-order valence-corrected chi connectivity index (χ3v) is 5.96. The molecule has 2 aliphatic rings. The zero-order valence-corrected chi connectivity index (χ0v) is 16.8. The van der Waals surface area contributed by atoms with Crippen molar-refractivity contribution in [3.63, 3.8) is 0 Å². The number of allylic oxidation sites excluding steroid dienone is 4. The van der Waals surface area contributed by atoms with E-state index in [1.807, 2.05) is 0 Å². The minimum absolute atomic E-state index is 0.0133. The van der Waals surface area contributed by atoms with E-state index in [9.17, 15) is 14.4 Å². The summed E-state index contributed by atoms with van der Waals surface area (Å²) < 4.78 is 5.54. The highest BCUT2D eigenvalue weighted by atomic mass is 16.5. The lowest BCUT2D eigenvalue weighted by Crippen LogP contribution is -2.23. The van der Waals surface area contributed by atoms with E-state index in [1.54, 1.807) is 0 Å². The highest BCUT2D eigenvalue weighted by Gasteiger charge is 2.37. The van der Waals surface area contributed by atoms with Gasteiger partial charge in [0.2, 0.25) is 0 Å². The van der Waals surface area contributed by atoms with Crippen LogP contribution in [0.5, 0.6) is 0 Å². The van der Waals surface area contributed by atoms with Crippen LogP contribution in [0.25, 0.3) is 0 Å². The van der Waals surface area contributed by atoms with Gasteiger partial charge in [0.05, 0.1) is 6.61 Å². The van der Waals surface area contributed by atoms with Crippen molar-refractivity contribution in [2.75, 3.05) is 6.61 Å². The molecule has 0 aromatic heterocycles. The summed E-state index contributed by atoms with van der Waals surface area (Å²) >= 11 is 0. The van der Waals surface area contributed by atoms with Gasteiger partial charge in [0.25, 0.3) is 0 Å². The minimum atomic E-state index is -0.221.